The molecule has 0 heterocycles. The van der Waals surface area contributed by atoms with E-state index in [4.69, 9.17) is 0 Å². The van der Waals surface area contributed by atoms with E-state index in [0.29, 0.717) is 5.92 Å². The molecule has 2 atom stereocenters. The van der Waals surface area contributed by atoms with Crippen LogP contribution < -0.4 is 0 Å². The van der Waals surface area contributed by atoms with E-state index >= 15 is 0 Å². The van der Waals surface area contributed by atoms with E-state index in [1.54, 1.807) is 0 Å². The van der Waals surface area contributed by atoms with Crippen LogP contribution in [0.3, 0.4) is 0 Å². The molecule has 2 nitrogen and oxygen atoms in total. The highest BCUT2D eigenvalue weighted by atomic mass is 14.5. The van der Waals surface area contributed by atoms with Crippen molar-refractivity contribution in [2.45, 2.75) is 33.1 Å². The van der Waals surface area contributed by atoms with Gasteiger partial charge in [0.2, 0.25) is 0 Å². The molecule has 0 radical (unpaired) electrons. The largest absolute Gasteiger partial charge is 0.197 e. The molecule has 0 unspecified atom stereocenters. The van der Waals surface area contributed by atoms with Crippen molar-refractivity contribution in [3.05, 3.63) is 47.5 Å². The van der Waals surface area contributed by atoms with E-state index in [1.807, 2.05) is 30.3 Å². The highest BCUT2D eigenvalue weighted by molar-refractivity contribution is 5.39. The number of hydrogen-bond acceptors (Lipinski definition) is 2. The van der Waals surface area contributed by atoms with Crippen LogP contribution in [0.2, 0.25) is 0 Å². The van der Waals surface area contributed by atoms with Crippen LogP contribution in [0.15, 0.2) is 42.0 Å². The summed E-state index contributed by atoms with van der Waals surface area (Å²) in [5.41, 5.74) is 1.37. The standard InChI is InChI=1S/C18H20N2/c1-13(2)16-9-14(3)10-17(18(16,11-19)12-20)15-7-5-4-6-8-15/h4-8,10,13,16-17H,9H2,1-3H3/t16-,17-/m0/s1. The molecule has 0 aromatic heterocycles. The van der Waals surface area contributed by atoms with Gasteiger partial charge in [0.05, 0.1) is 12.1 Å². The normalized spacial score (nSPS) is 24.6. The molecule has 0 aliphatic heterocycles. The van der Waals surface area contributed by atoms with E-state index in [1.165, 1.54) is 5.57 Å². The second kappa shape index (κ2) is 5.51. The molecule has 0 amide bonds. The van der Waals surface area contributed by atoms with E-state index in [2.05, 4.69) is 39.0 Å². The summed E-state index contributed by atoms with van der Waals surface area (Å²) in [5, 5.41) is 19.6. The van der Waals surface area contributed by atoms with Crippen molar-refractivity contribution in [3.63, 3.8) is 0 Å². The van der Waals surface area contributed by atoms with Gasteiger partial charge in [0.25, 0.3) is 0 Å². The molecule has 0 N–H and O–H groups in total. The van der Waals surface area contributed by atoms with Gasteiger partial charge in [0.1, 0.15) is 0 Å². The van der Waals surface area contributed by atoms with Gasteiger partial charge in [-0.25, -0.2) is 0 Å². The third-order valence-corrected chi connectivity index (χ3v) is 4.40. The Bertz CT molecular complexity index is 570. The first-order chi connectivity index (χ1) is 9.55. The topological polar surface area (TPSA) is 47.6 Å². The summed E-state index contributed by atoms with van der Waals surface area (Å²) in [6.45, 7) is 6.31. The molecule has 0 saturated heterocycles. The zero-order chi connectivity index (χ0) is 14.8. The molecular weight excluding hydrogens is 244 g/mol. The molecule has 102 valence electrons. The van der Waals surface area contributed by atoms with Crippen molar-refractivity contribution in [2.24, 2.45) is 17.3 Å². The fraction of sp³-hybridized carbons (Fsp3) is 0.444. The van der Waals surface area contributed by atoms with Crippen molar-refractivity contribution in [1.29, 1.82) is 10.5 Å². The third kappa shape index (κ3) is 2.23. The van der Waals surface area contributed by atoms with Crippen LogP contribution in [0.1, 0.15) is 38.7 Å². The second-order valence-corrected chi connectivity index (χ2v) is 6.05. The lowest BCUT2D eigenvalue weighted by molar-refractivity contribution is 0.203. The Morgan fingerprint density at radius 3 is 2.25 bits per heavy atom. The summed E-state index contributed by atoms with van der Waals surface area (Å²) in [6, 6.07) is 14.7. The van der Waals surface area contributed by atoms with Crippen molar-refractivity contribution >= 4 is 0 Å². The van der Waals surface area contributed by atoms with Gasteiger partial charge in [-0.15, -0.1) is 0 Å². The minimum absolute atomic E-state index is 0.0766. The van der Waals surface area contributed by atoms with E-state index in [9.17, 15) is 10.5 Å². The van der Waals surface area contributed by atoms with Crippen molar-refractivity contribution in [2.75, 3.05) is 0 Å². The molecule has 2 heteroatoms. The minimum atomic E-state index is -0.963. The van der Waals surface area contributed by atoms with Gasteiger partial charge < -0.3 is 0 Å². The first kappa shape index (κ1) is 14.4. The fourth-order valence-electron chi connectivity index (χ4n) is 3.33. The van der Waals surface area contributed by atoms with Gasteiger partial charge >= 0.3 is 0 Å². The highest BCUT2D eigenvalue weighted by Gasteiger charge is 2.49. The monoisotopic (exact) mass is 264 g/mol. The Morgan fingerprint density at radius 1 is 1.15 bits per heavy atom. The average Bonchev–Trinajstić information content (AvgIpc) is 2.47. The molecule has 1 aliphatic rings. The number of hydrogen-bond donors (Lipinski definition) is 0. The molecule has 1 aliphatic carbocycles. The molecule has 0 saturated carbocycles. The summed E-state index contributed by atoms with van der Waals surface area (Å²) >= 11 is 0. The van der Waals surface area contributed by atoms with Gasteiger partial charge in [-0.3, -0.25) is 0 Å². The Balaban J connectivity index is 2.61. The zero-order valence-electron chi connectivity index (χ0n) is 12.3. The van der Waals surface area contributed by atoms with Crippen LogP contribution in [0.4, 0.5) is 0 Å². The number of benzene rings is 1. The average molecular weight is 264 g/mol. The lowest BCUT2D eigenvalue weighted by Crippen LogP contribution is -2.39. The van der Waals surface area contributed by atoms with Crippen molar-refractivity contribution in [3.8, 4) is 12.1 Å². The molecule has 1 aromatic carbocycles. The summed E-state index contributed by atoms with van der Waals surface area (Å²) in [7, 11) is 0. The Morgan fingerprint density at radius 2 is 1.75 bits per heavy atom. The first-order valence-corrected chi connectivity index (χ1v) is 7.10. The van der Waals surface area contributed by atoms with Crippen LogP contribution in [0.25, 0.3) is 0 Å². The summed E-state index contributed by atoms with van der Waals surface area (Å²) in [4.78, 5) is 0. The van der Waals surface area contributed by atoms with Crippen LogP contribution in [-0.2, 0) is 0 Å². The maximum atomic E-state index is 9.78. The number of nitrogens with zero attached hydrogens (tertiary/aromatic N) is 2. The Hall–Kier alpha value is -2.06. The molecule has 20 heavy (non-hydrogen) atoms. The van der Waals surface area contributed by atoms with Crippen LogP contribution in [0, 0.1) is 39.9 Å². The van der Waals surface area contributed by atoms with E-state index in [0.717, 1.165) is 12.0 Å². The SMILES string of the molecule is CC1=C[C@@H](c2ccccc2)C(C#N)(C#N)[C@H](C(C)C)C1. The van der Waals surface area contributed by atoms with E-state index < -0.39 is 5.41 Å². The molecule has 0 bridgehead atoms. The van der Waals surface area contributed by atoms with E-state index in [-0.39, 0.29) is 11.8 Å². The minimum Gasteiger partial charge on any atom is -0.197 e. The van der Waals surface area contributed by atoms with Crippen LogP contribution in [0.5, 0.6) is 0 Å². The van der Waals surface area contributed by atoms with Gasteiger partial charge in [-0.2, -0.15) is 10.5 Å². The second-order valence-electron chi connectivity index (χ2n) is 6.05. The maximum Gasteiger partial charge on any atom is 0.157 e. The molecule has 1 aromatic rings. The van der Waals surface area contributed by atoms with Crippen molar-refractivity contribution < 1.29 is 0 Å². The molecule has 2 rings (SSSR count). The fourth-order valence-corrected chi connectivity index (χ4v) is 3.33. The first-order valence-electron chi connectivity index (χ1n) is 7.10. The molecular formula is C18H20N2. The maximum absolute atomic E-state index is 9.78. The number of allylic oxidation sites excluding steroid dienone is 2. The smallest absolute Gasteiger partial charge is 0.157 e. The molecule has 0 fully saturated rings. The number of nitriles is 2. The predicted molar refractivity (Wildman–Crippen MR) is 79.5 cm³/mol. The Kier molecular flexibility index (Phi) is 3.96. The van der Waals surface area contributed by atoms with Gasteiger partial charge in [0.15, 0.2) is 5.41 Å². The van der Waals surface area contributed by atoms with Gasteiger partial charge in [-0.05, 0) is 30.7 Å². The third-order valence-electron chi connectivity index (χ3n) is 4.40. The zero-order valence-corrected chi connectivity index (χ0v) is 12.3. The summed E-state index contributed by atoms with van der Waals surface area (Å²) in [6.07, 6.45) is 2.95. The highest BCUT2D eigenvalue weighted by Crippen LogP contribution is 2.51. The predicted octanol–water partition coefficient (Wildman–Crippen LogP) is 4.43. The lowest BCUT2D eigenvalue weighted by Gasteiger charge is -2.41. The summed E-state index contributed by atoms with van der Waals surface area (Å²) < 4.78 is 0. The van der Waals surface area contributed by atoms with Crippen molar-refractivity contribution in [1.82, 2.24) is 0 Å². The lowest BCUT2D eigenvalue weighted by atomic mass is 9.58. The number of rotatable bonds is 2. The quantitative estimate of drug-likeness (QED) is 0.742. The van der Waals surface area contributed by atoms with Gasteiger partial charge in [-0.1, -0.05) is 55.8 Å². The van der Waals surface area contributed by atoms with Crippen LogP contribution in [-0.4, -0.2) is 0 Å². The summed E-state index contributed by atoms with van der Waals surface area (Å²) in [5.74, 6) is 0.247. The molecule has 0 spiro atoms. The van der Waals surface area contributed by atoms with Gasteiger partial charge in [0, 0.05) is 5.92 Å². The Labute approximate surface area is 121 Å². The van der Waals surface area contributed by atoms with Crippen LogP contribution >= 0.6 is 0 Å².